The third-order valence-corrected chi connectivity index (χ3v) is 3.07. The molecule has 0 fully saturated rings. The van der Waals surface area contributed by atoms with E-state index in [1.807, 2.05) is 0 Å². The molecule has 98 valence electrons. The summed E-state index contributed by atoms with van der Waals surface area (Å²) >= 11 is 0. The number of nitrogens with zero attached hydrogens (tertiary/aromatic N) is 3. The van der Waals surface area contributed by atoms with Crippen molar-refractivity contribution in [3.63, 3.8) is 0 Å². The van der Waals surface area contributed by atoms with E-state index in [2.05, 4.69) is 47.8 Å². The predicted octanol–water partition coefficient (Wildman–Crippen LogP) is 3.41. The molecule has 0 spiro atoms. The summed E-state index contributed by atoms with van der Waals surface area (Å²) in [6, 6.07) is 0. The lowest BCUT2D eigenvalue weighted by molar-refractivity contribution is 0.507. The van der Waals surface area contributed by atoms with Crippen LogP contribution >= 0.6 is 0 Å². The van der Waals surface area contributed by atoms with Crippen LogP contribution in [0.15, 0.2) is 0 Å². The summed E-state index contributed by atoms with van der Waals surface area (Å²) in [6.07, 6.45) is 4.83. The Bertz CT molecular complexity index is 313. The molecule has 0 bridgehead atoms. The zero-order chi connectivity index (χ0) is 12.7. The van der Waals surface area contributed by atoms with E-state index in [0.29, 0.717) is 5.92 Å². The third-order valence-electron chi connectivity index (χ3n) is 3.07. The molecule has 0 unspecified atom stereocenters. The molecule has 1 aromatic heterocycles. The van der Waals surface area contributed by atoms with E-state index in [4.69, 9.17) is 0 Å². The van der Waals surface area contributed by atoms with E-state index in [9.17, 15) is 0 Å². The van der Waals surface area contributed by atoms with Crippen molar-refractivity contribution in [3.05, 3.63) is 5.82 Å². The fraction of sp³-hybridized carbons (Fsp3) is 0.846. The van der Waals surface area contributed by atoms with Crippen LogP contribution < -0.4 is 5.32 Å². The Morgan fingerprint density at radius 3 is 2.18 bits per heavy atom. The zero-order valence-corrected chi connectivity index (χ0v) is 11.7. The first-order valence-corrected chi connectivity index (χ1v) is 6.95. The van der Waals surface area contributed by atoms with Crippen LogP contribution in [0.2, 0.25) is 0 Å². The number of anilines is 1. The maximum absolute atomic E-state index is 4.39. The van der Waals surface area contributed by atoms with Gasteiger partial charge in [0, 0.05) is 19.0 Å². The molecule has 1 heterocycles. The first kappa shape index (κ1) is 14.0. The van der Waals surface area contributed by atoms with Crippen LogP contribution in [0.25, 0.3) is 0 Å². The number of rotatable bonds is 8. The quantitative estimate of drug-likeness (QED) is 0.754. The summed E-state index contributed by atoms with van der Waals surface area (Å²) in [4.78, 5) is 0. The first-order chi connectivity index (χ1) is 8.28. The molecular formula is C13H26N4. The van der Waals surface area contributed by atoms with E-state index >= 15 is 0 Å². The monoisotopic (exact) mass is 238 g/mol. The van der Waals surface area contributed by atoms with Crippen LogP contribution in [0, 0.1) is 0 Å². The van der Waals surface area contributed by atoms with Crippen molar-refractivity contribution in [2.24, 2.45) is 0 Å². The van der Waals surface area contributed by atoms with Gasteiger partial charge >= 0.3 is 0 Å². The average Bonchev–Trinajstić information content (AvgIpc) is 2.72. The second-order valence-corrected chi connectivity index (χ2v) is 4.43. The highest BCUT2D eigenvalue weighted by molar-refractivity contribution is 5.26. The summed E-state index contributed by atoms with van der Waals surface area (Å²) in [6.45, 7) is 10.5. The lowest BCUT2D eigenvalue weighted by Gasteiger charge is -2.16. The van der Waals surface area contributed by atoms with Crippen LogP contribution in [-0.4, -0.2) is 21.3 Å². The van der Waals surface area contributed by atoms with Crippen molar-refractivity contribution in [1.82, 2.24) is 14.8 Å². The van der Waals surface area contributed by atoms with E-state index in [0.717, 1.165) is 24.9 Å². The Kier molecular flexibility index (Phi) is 6.01. The van der Waals surface area contributed by atoms with E-state index in [1.54, 1.807) is 0 Å². The number of nitrogens with one attached hydrogen (secondary N) is 1. The Hall–Kier alpha value is -1.06. The first-order valence-electron chi connectivity index (χ1n) is 6.95. The molecule has 0 amide bonds. The van der Waals surface area contributed by atoms with Gasteiger partial charge in [-0.05, 0) is 26.7 Å². The molecule has 1 rings (SSSR count). The highest BCUT2D eigenvalue weighted by atomic mass is 15.3. The van der Waals surface area contributed by atoms with Crippen LogP contribution in [0.1, 0.15) is 65.1 Å². The van der Waals surface area contributed by atoms with Crippen molar-refractivity contribution < 1.29 is 0 Å². The number of hydrogen-bond donors (Lipinski definition) is 1. The lowest BCUT2D eigenvalue weighted by atomic mass is 9.97. The molecule has 0 saturated heterocycles. The minimum Gasteiger partial charge on any atom is -0.355 e. The molecule has 0 aliphatic rings. The van der Waals surface area contributed by atoms with Crippen molar-refractivity contribution in [3.8, 4) is 0 Å². The van der Waals surface area contributed by atoms with E-state index in [-0.39, 0.29) is 0 Å². The molecule has 0 aromatic carbocycles. The molecule has 0 atom stereocenters. The lowest BCUT2D eigenvalue weighted by Crippen LogP contribution is -2.11. The standard InChI is InChI=1S/C13H26N4/c1-5-9-11(10-6-2)12-15-16-13(14-7-3)17(12)8-4/h11H,5-10H2,1-4H3,(H,14,16). The smallest absolute Gasteiger partial charge is 0.224 e. The minimum atomic E-state index is 0.560. The zero-order valence-electron chi connectivity index (χ0n) is 11.7. The SMILES string of the molecule is CCCC(CCC)c1nnc(NCC)n1CC. The number of hydrogen-bond acceptors (Lipinski definition) is 3. The summed E-state index contributed by atoms with van der Waals surface area (Å²) in [7, 11) is 0. The van der Waals surface area contributed by atoms with Crippen LogP contribution in [0.4, 0.5) is 5.95 Å². The Balaban J connectivity index is 2.92. The Morgan fingerprint density at radius 1 is 1.06 bits per heavy atom. The van der Waals surface area contributed by atoms with E-state index < -0.39 is 0 Å². The highest BCUT2D eigenvalue weighted by Crippen LogP contribution is 2.26. The summed E-state index contributed by atoms with van der Waals surface area (Å²) in [5, 5.41) is 11.9. The van der Waals surface area contributed by atoms with Crippen LogP contribution in [-0.2, 0) is 6.54 Å². The summed E-state index contributed by atoms with van der Waals surface area (Å²) in [5.41, 5.74) is 0. The van der Waals surface area contributed by atoms with Crippen molar-refractivity contribution in [2.75, 3.05) is 11.9 Å². The van der Waals surface area contributed by atoms with Crippen molar-refractivity contribution in [1.29, 1.82) is 0 Å². The molecule has 1 aromatic rings. The topological polar surface area (TPSA) is 42.7 Å². The highest BCUT2D eigenvalue weighted by Gasteiger charge is 2.18. The summed E-state index contributed by atoms with van der Waals surface area (Å²) in [5.74, 6) is 2.64. The van der Waals surface area contributed by atoms with Crippen LogP contribution in [0.5, 0.6) is 0 Å². The molecule has 4 nitrogen and oxygen atoms in total. The van der Waals surface area contributed by atoms with E-state index in [1.165, 1.54) is 25.7 Å². The second-order valence-electron chi connectivity index (χ2n) is 4.43. The molecule has 0 aliphatic heterocycles. The van der Waals surface area contributed by atoms with Gasteiger partial charge in [-0.3, -0.25) is 4.57 Å². The predicted molar refractivity (Wildman–Crippen MR) is 72.4 cm³/mol. The normalized spacial score (nSPS) is 11.1. The second kappa shape index (κ2) is 7.30. The molecule has 0 radical (unpaired) electrons. The van der Waals surface area contributed by atoms with Gasteiger partial charge in [0.1, 0.15) is 5.82 Å². The Morgan fingerprint density at radius 2 is 1.71 bits per heavy atom. The number of aromatic nitrogens is 3. The van der Waals surface area contributed by atoms with Gasteiger partial charge in [-0.25, -0.2) is 0 Å². The van der Waals surface area contributed by atoms with Gasteiger partial charge in [0.2, 0.25) is 5.95 Å². The maximum atomic E-state index is 4.39. The van der Waals surface area contributed by atoms with Crippen molar-refractivity contribution >= 4 is 5.95 Å². The van der Waals surface area contributed by atoms with Gasteiger partial charge in [0.05, 0.1) is 0 Å². The van der Waals surface area contributed by atoms with Gasteiger partial charge < -0.3 is 5.32 Å². The largest absolute Gasteiger partial charge is 0.355 e. The fourth-order valence-electron chi connectivity index (χ4n) is 2.32. The Labute approximate surface area is 105 Å². The van der Waals surface area contributed by atoms with Gasteiger partial charge in [-0.15, -0.1) is 10.2 Å². The molecule has 0 aliphatic carbocycles. The maximum Gasteiger partial charge on any atom is 0.224 e. The van der Waals surface area contributed by atoms with Gasteiger partial charge in [-0.2, -0.15) is 0 Å². The van der Waals surface area contributed by atoms with Gasteiger partial charge in [0.25, 0.3) is 0 Å². The van der Waals surface area contributed by atoms with Crippen molar-refractivity contribution in [2.45, 2.75) is 65.8 Å². The summed E-state index contributed by atoms with van der Waals surface area (Å²) < 4.78 is 2.22. The van der Waals surface area contributed by atoms with Crippen LogP contribution in [0.3, 0.4) is 0 Å². The molecule has 0 saturated carbocycles. The molecule has 4 heteroatoms. The van der Waals surface area contributed by atoms with Gasteiger partial charge in [-0.1, -0.05) is 26.7 Å². The molecule has 17 heavy (non-hydrogen) atoms. The third kappa shape index (κ3) is 3.45. The minimum absolute atomic E-state index is 0.560. The molecular weight excluding hydrogens is 212 g/mol. The molecule has 1 N–H and O–H groups in total. The van der Waals surface area contributed by atoms with Gasteiger partial charge in [0.15, 0.2) is 0 Å². The average molecular weight is 238 g/mol. The fourth-order valence-corrected chi connectivity index (χ4v) is 2.32.